The van der Waals surface area contributed by atoms with Gasteiger partial charge in [0.2, 0.25) is 0 Å². The number of fused-ring (bicyclic) bond motifs is 1. The van der Waals surface area contributed by atoms with E-state index < -0.39 is 0 Å². The normalized spacial score (nSPS) is 28.0. The fraction of sp³-hybridized carbons (Fsp3) is 0.812. The predicted octanol–water partition coefficient (Wildman–Crippen LogP) is 2.74. The van der Waals surface area contributed by atoms with Crippen LogP contribution in [0.1, 0.15) is 45.1 Å². The van der Waals surface area contributed by atoms with E-state index in [2.05, 4.69) is 36.4 Å². The van der Waals surface area contributed by atoms with E-state index >= 15 is 0 Å². The van der Waals surface area contributed by atoms with Crippen LogP contribution in [0, 0.1) is 11.8 Å². The Labute approximate surface area is 117 Å². The third-order valence-electron chi connectivity index (χ3n) is 4.93. The summed E-state index contributed by atoms with van der Waals surface area (Å²) in [5.74, 6) is 2.97. The van der Waals surface area contributed by atoms with Gasteiger partial charge in [-0.25, -0.2) is 4.98 Å². The zero-order chi connectivity index (χ0) is 13.4. The summed E-state index contributed by atoms with van der Waals surface area (Å²) in [7, 11) is 0. The molecule has 1 aromatic heterocycles. The summed E-state index contributed by atoms with van der Waals surface area (Å²) in [6.07, 6.45) is 7.19. The number of aromatic nitrogens is 2. The third-order valence-corrected chi connectivity index (χ3v) is 4.93. The molecule has 2 aliphatic rings. The van der Waals surface area contributed by atoms with Gasteiger partial charge >= 0.3 is 0 Å². The SMILES string of the molecule is CC1CCc2cnc(CC3CCN(C(C)C)C3)n2C1. The van der Waals surface area contributed by atoms with Gasteiger partial charge < -0.3 is 9.47 Å². The highest BCUT2D eigenvalue weighted by Gasteiger charge is 2.27. The Morgan fingerprint density at radius 1 is 1.32 bits per heavy atom. The van der Waals surface area contributed by atoms with Gasteiger partial charge in [0.25, 0.3) is 0 Å². The summed E-state index contributed by atoms with van der Waals surface area (Å²) in [5, 5.41) is 0. The van der Waals surface area contributed by atoms with E-state index in [0.29, 0.717) is 6.04 Å². The lowest BCUT2D eigenvalue weighted by Gasteiger charge is -2.23. The number of aryl methyl sites for hydroxylation is 1. The molecule has 106 valence electrons. The molecule has 0 amide bonds. The minimum absolute atomic E-state index is 0.694. The van der Waals surface area contributed by atoms with Crippen molar-refractivity contribution in [2.75, 3.05) is 13.1 Å². The standard InChI is InChI=1S/C16H27N3/c1-12(2)18-7-6-14(11-18)8-16-17-9-15-5-4-13(3)10-19(15)16/h9,12-14H,4-8,10-11H2,1-3H3. The Morgan fingerprint density at radius 2 is 2.16 bits per heavy atom. The first-order valence-corrected chi connectivity index (χ1v) is 7.90. The zero-order valence-corrected chi connectivity index (χ0v) is 12.6. The molecule has 1 saturated heterocycles. The van der Waals surface area contributed by atoms with Gasteiger partial charge in [-0.1, -0.05) is 6.92 Å². The van der Waals surface area contributed by atoms with Gasteiger partial charge in [-0.05, 0) is 51.5 Å². The molecule has 19 heavy (non-hydrogen) atoms. The van der Waals surface area contributed by atoms with Crippen molar-refractivity contribution in [2.45, 2.75) is 59.0 Å². The van der Waals surface area contributed by atoms with Crippen molar-refractivity contribution in [3.05, 3.63) is 17.7 Å². The van der Waals surface area contributed by atoms with Crippen LogP contribution in [-0.2, 0) is 19.4 Å². The van der Waals surface area contributed by atoms with Crippen molar-refractivity contribution in [1.82, 2.24) is 14.5 Å². The Balaban J connectivity index is 1.66. The molecule has 2 aliphatic heterocycles. The summed E-state index contributed by atoms with van der Waals surface area (Å²) in [6.45, 7) is 10.7. The Morgan fingerprint density at radius 3 is 2.89 bits per heavy atom. The first-order valence-electron chi connectivity index (χ1n) is 7.90. The first-order chi connectivity index (χ1) is 9.13. The molecule has 2 atom stereocenters. The second-order valence-electron chi connectivity index (χ2n) is 6.87. The minimum Gasteiger partial charge on any atom is -0.332 e. The lowest BCUT2D eigenvalue weighted by molar-refractivity contribution is 0.264. The fourth-order valence-electron chi connectivity index (χ4n) is 3.59. The highest BCUT2D eigenvalue weighted by molar-refractivity contribution is 5.09. The van der Waals surface area contributed by atoms with Gasteiger partial charge in [0.15, 0.2) is 0 Å². The average molecular weight is 261 g/mol. The minimum atomic E-state index is 0.694. The summed E-state index contributed by atoms with van der Waals surface area (Å²) >= 11 is 0. The van der Waals surface area contributed by atoms with E-state index in [1.807, 2.05) is 0 Å². The largest absolute Gasteiger partial charge is 0.332 e. The van der Waals surface area contributed by atoms with Gasteiger partial charge in [-0.3, -0.25) is 0 Å². The average Bonchev–Trinajstić information content (AvgIpc) is 2.98. The molecule has 2 unspecified atom stereocenters. The Hall–Kier alpha value is -0.830. The maximum Gasteiger partial charge on any atom is 0.109 e. The van der Waals surface area contributed by atoms with Gasteiger partial charge in [0.1, 0.15) is 5.82 Å². The molecular weight excluding hydrogens is 234 g/mol. The van der Waals surface area contributed by atoms with Crippen LogP contribution in [0.2, 0.25) is 0 Å². The second kappa shape index (κ2) is 5.28. The van der Waals surface area contributed by atoms with Crippen LogP contribution in [-0.4, -0.2) is 33.6 Å². The number of hydrogen-bond donors (Lipinski definition) is 0. The van der Waals surface area contributed by atoms with Crippen molar-refractivity contribution in [2.24, 2.45) is 11.8 Å². The monoisotopic (exact) mass is 261 g/mol. The van der Waals surface area contributed by atoms with Crippen molar-refractivity contribution in [3.63, 3.8) is 0 Å². The number of likely N-dealkylation sites (tertiary alicyclic amines) is 1. The van der Waals surface area contributed by atoms with Gasteiger partial charge in [-0.15, -0.1) is 0 Å². The van der Waals surface area contributed by atoms with Gasteiger partial charge in [0.05, 0.1) is 0 Å². The van der Waals surface area contributed by atoms with E-state index in [1.54, 1.807) is 0 Å². The molecule has 0 aliphatic carbocycles. The van der Waals surface area contributed by atoms with Crippen molar-refractivity contribution >= 4 is 0 Å². The molecule has 3 heteroatoms. The van der Waals surface area contributed by atoms with E-state index in [-0.39, 0.29) is 0 Å². The Kier molecular flexibility index (Phi) is 3.66. The van der Waals surface area contributed by atoms with Crippen molar-refractivity contribution in [3.8, 4) is 0 Å². The number of nitrogens with zero attached hydrogens (tertiary/aromatic N) is 3. The van der Waals surface area contributed by atoms with E-state index in [0.717, 1.165) is 11.8 Å². The van der Waals surface area contributed by atoms with Crippen LogP contribution in [0.4, 0.5) is 0 Å². The summed E-state index contributed by atoms with van der Waals surface area (Å²) in [5.41, 5.74) is 1.46. The van der Waals surface area contributed by atoms with E-state index in [9.17, 15) is 0 Å². The maximum atomic E-state index is 4.71. The molecule has 3 nitrogen and oxygen atoms in total. The predicted molar refractivity (Wildman–Crippen MR) is 78.2 cm³/mol. The molecule has 0 N–H and O–H groups in total. The lowest BCUT2D eigenvalue weighted by atomic mass is 9.99. The van der Waals surface area contributed by atoms with Crippen molar-refractivity contribution in [1.29, 1.82) is 0 Å². The van der Waals surface area contributed by atoms with Crippen LogP contribution >= 0.6 is 0 Å². The topological polar surface area (TPSA) is 21.1 Å². The first kappa shape index (κ1) is 13.2. The molecule has 0 spiro atoms. The number of imidazole rings is 1. The van der Waals surface area contributed by atoms with E-state index in [4.69, 9.17) is 4.98 Å². The maximum absolute atomic E-state index is 4.71. The van der Waals surface area contributed by atoms with Gasteiger partial charge in [-0.2, -0.15) is 0 Å². The van der Waals surface area contributed by atoms with Crippen LogP contribution < -0.4 is 0 Å². The quantitative estimate of drug-likeness (QED) is 0.834. The van der Waals surface area contributed by atoms with E-state index in [1.165, 1.54) is 56.8 Å². The van der Waals surface area contributed by atoms with Crippen LogP contribution in [0.5, 0.6) is 0 Å². The molecule has 1 fully saturated rings. The summed E-state index contributed by atoms with van der Waals surface area (Å²) < 4.78 is 2.51. The second-order valence-corrected chi connectivity index (χ2v) is 6.87. The molecule has 1 aromatic rings. The van der Waals surface area contributed by atoms with Crippen LogP contribution in [0.25, 0.3) is 0 Å². The lowest BCUT2D eigenvalue weighted by Crippen LogP contribution is -2.28. The molecule has 0 radical (unpaired) electrons. The summed E-state index contributed by atoms with van der Waals surface area (Å²) in [6, 6.07) is 0.694. The molecule has 3 heterocycles. The van der Waals surface area contributed by atoms with Gasteiger partial charge in [0, 0.05) is 37.4 Å². The zero-order valence-electron chi connectivity index (χ0n) is 12.6. The molecule has 0 saturated carbocycles. The molecule has 3 rings (SSSR count). The molecular formula is C16H27N3. The summed E-state index contributed by atoms with van der Waals surface area (Å²) in [4.78, 5) is 7.31. The van der Waals surface area contributed by atoms with Crippen LogP contribution in [0.3, 0.4) is 0 Å². The number of rotatable bonds is 3. The third kappa shape index (κ3) is 2.71. The Bertz CT molecular complexity index is 435. The molecule has 0 aromatic carbocycles. The fourth-order valence-corrected chi connectivity index (χ4v) is 3.59. The van der Waals surface area contributed by atoms with Crippen molar-refractivity contribution < 1.29 is 0 Å². The smallest absolute Gasteiger partial charge is 0.109 e. The number of hydrogen-bond acceptors (Lipinski definition) is 2. The molecule has 0 bridgehead atoms. The highest BCUT2D eigenvalue weighted by Crippen LogP contribution is 2.26. The highest BCUT2D eigenvalue weighted by atomic mass is 15.2. The van der Waals surface area contributed by atoms with Crippen LogP contribution in [0.15, 0.2) is 6.20 Å².